The van der Waals surface area contributed by atoms with Crippen molar-refractivity contribution in [2.45, 2.75) is 32.5 Å². The third kappa shape index (κ3) is 2.04. The lowest BCUT2D eigenvalue weighted by Gasteiger charge is -2.23. The summed E-state index contributed by atoms with van der Waals surface area (Å²) in [5.74, 6) is 0. The van der Waals surface area contributed by atoms with E-state index < -0.39 is 5.24 Å². The molecule has 0 N–H and O–H groups in total. The summed E-state index contributed by atoms with van der Waals surface area (Å²) in [7, 11) is 0. The van der Waals surface area contributed by atoms with E-state index in [1.54, 1.807) is 0 Å². The van der Waals surface area contributed by atoms with Crippen molar-refractivity contribution in [3.8, 4) is 0 Å². The van der Waals surface area contributed by atoms with Crippen LogP contribution in [-0.2, 0) is 9.53 Å². The van der Waals surface area contributed by atoms with Crippen LogP contribution in [0.5, 0.6) is 0 Å². The van der Waals surface area contributed by atoms with Crippen molar-refractivity contribution < 1.29 is 9.53 Å². The Bertz CT molecular complexity index is 198. The first-order valence-electron chi connectivity index (χ1n) is 3.66. The summed E-state index contributed by atoms with van der Waals surface area (Å²) in [5, 5.41) is -0.399. The molecule has 1 rings (SSSR count). The highest BCUT2D eigenvalue weighted by Gasteiger charge is 2.21. The molecule has 1 aliphatic heterocycles. The van der Waals surface area contributed by atoms with Gasteiger partial charge >= 0.3 is 0 Å². The molecule has 62 valence electrons. The van der Waals surface area contributed by atoms with Crippen molar-refractivity contribution in [1.29, 1.82) is 0 Å². The smallest absolute Gasteiger partial charge is 0.250 e. The van der Waals surface area contributed by atoms with E-state index in [0.29, 0.717) is 5.57 Å². The lowest BCUT2D eigenvalue weighted by molar-refractivity contribution is -0.110. The van der Waals surface area contributed by atoms with Crippen LogP contribution in [0.15, 0.2) is 11.6 Å². The summed E-state index contributed by atoms with van der Waals surface area (Å²) >= 11 is 5.31. The van der Waals surface area contributed by atoms with Gasteiger partial charge in [-0.2, -0.15) is 0 Å². The first kappa shape index (κ1) is 8.75. The number of ether oxygens (including phenoxy) is 1. The second-order valence-corrected chi connectivity index (χ2v) is 3.10. The number of hydrogen-bond acceptors (Lipinski definition) is 2. The molecule has 0 spiro atoms. The lowest BCUT2D eigenvalue weighted by atomic mass is 10.1. The van der Waals surface area contributed by atoms with Crippen LogP contribution < -0.4 is 0 Å². The Labute approximate surface area is 71.2 Å². The molecule has 0 fully saturated rings. The van der Waals surface area contributed by atoms with Gasteiger partial charge in [-0.25, -0.2) is 0 Å². The Hall–Kier alpha value is -0.340. The van der Waals surface area contributed by atoms with E-state index in [1.807, 2.05) is 19.9 Å². The molecule has 0 unspecified atom stereocenters. The molecule has 0 aromatic heterocycles. The van der Waals surface area contributed by atoms with Crippen LogP contribution in [0.3, 0.4) is 0 Å². The third-order valence-electron chi connectivity index (χ3n) is 1.77. The Kier molecular flexibility index (Phi) is 2.68. The van der Waals surface area contributed by atoms with Gasteiger partial charge in [-0.15, -0.1) is 0 Å². The highest BCUT2D eigenvalue weighted by Crippen LogP contribution is 2.20. The molecule has 0 aromatic carbocycles. The van der Waals surface area contributed by atoms with Crippen molar-refractivity contribution in [3.05, 3.63) is 11.6 Å². The molecule has 2 nitrogen and oxygen atoms in total. The molecule has 0 amide bonds. The molecule has 0 saturated carbocycles. The van der Waals surface area contributed by atoms with E-state index >= 15 is 0 Å². The zero-order chi connectivity index (χ0) is 8.43. The summed E-state index contributed by atoms with van der Waals surface area (Å²) in [6.45, 7) is 3.81. The van der Waals surface area contributed by atoms with Crippen LogP contribution in [0.4, 0.5) is 0 Å². The molecular formula is C8H11ClO2. The molecule has 11 heavy (non-hydrogen) atoms. The van der Waals surface area contributed by atoms with Crippen molar-refractivity contribution >= 4 is 16.8 Å². The van der Waals surface area contributed by atoms with Gasteiger partial charge in [0.05, 0.1) is 12.2 Å². The van der Waals surface area contributed by atoms with Gasteiger partial charge in [0.25, 0.3) is 5.24 Å². The maximum atomic E-state index is 10.7. The SMILES string of the molecule is C[C@@H]1CC=C(C(=O)Cl)[C@H](C)O1. The highest BCUT2D eigenvalue weighted by molar-refractivity contribution is 6.67. The van der Waals surface area contributed by atoms with Gasteiger partial charge in [0.2, 0.25) is 0 Å². The van der Waals surface area contributed by atoms with Crippen molar-refractivity contribution in [3.63, 3.8) is 0 Å². The standard InChI is InChI=1S/C8H11ClO2/c1-5-3-4-7(8(9)10)6(2)11-5/h4-6H,3H2,1-2H3/t5-,6+/m1/s1. The van der Waals surface area contributed by atoms with Crippen LogP contribution in [0.1, 0.15) is 20.3 Å². The Morgan fingerprint density at radius 3 is 2.82 bits per heavy atom. The molecule has 0 radical (unpaired) electrons. The van der Waals surface area contributed by atoms with Gasteiger partial charge in [0.1, 0.15) is 0 Å². The molecule has 1 aliphatic rings. The second kappa shape index (κ2) is 3.37. The van der Waals surface area contributed by atoms with E-state index in [2.05, 4.69) is 0 Å². The predicted octanol–water partition coefficient (Wildman–Crippen LogP) is 1.88. The molecule has 1 heterocycles. The Morgan fingerprint density at radius 2 is 2.36 bits per heavy atom. The third-order valence-corrected chi connectivity index (χ3v) is 1.99. The van der Waals surface area contributed by atoms with Crippen molar-refractivity contribution in [1.82, 2.24) is 0 Å². The van der Waals surface area contributed by atoms with Crippen LogP contribution in [0.25, 0.3) is 0 Å². The fourth-order valence-electron chi connectivity index (χ4n) is 1.18. The fourth-order valence-corrected chi connectivity index (χ4v) is 1.41. The molecule has 0 bridgehead atoms. The minimum atomic E-state index is -0.399. The monoisotopic (exact) mass is 174 g/mol. The van der Waals surface area contributed by atoms with Gasteiger partial charge in [0.15, 0.2) is 0 Å². The normalized spacial score (nSPS) is 31.4. The van der Waals surface area contributed by atoms with Gasteiger partial charge < -0.3 is 4.74 Å². The fraction of sp³-hybridized carbons (Fsp3) is 0.625. The van der Waals surface area contributed by atoms with E-state index in [-0.39, 0.29) is 12.2 Å². The van der Waals surface area contributed by atoms with E-state index in [9.17, 15) is 4.79 Å². The maximum Gasteiger partial charge on any atom is 0.250 e. The summed E-state index contributed by atoms with van der Waals surface area (Å²) in [6, 6.07) is 0. The highest BCUT2D eigenvalue weighted by atomic mass is 35.5. The summed E-state index contributed by atoms with van der Waals surface area (Å²) in [5.41, 5.74) is 0.588. The first-order chi connectivity index (χ1) is 5.11. The van der Waals surface area contributed by atoms with Crippen molar-refractivity contribution in [2.24, 2.45) is 0 Å². The van der Waals surface area contributed by atoms with Crippen LogP contribution >= 0.6 is 11.6 Å². The second-order valence-electron chi connectivity index (χ2n) is 2.76. The lowest BCUT2D eigenvalue weighted by Crippen LogP contribution is -2.25. The van der Waals surface area contributed by atoms with Gasteiger partial charge in [-0.05, 0) is 31.9 Å². The number of rotatable bonds is 1. The maximum absolute atomic E-state index is 10.7. The van der Waals surface area contributed by atoms with E-state index in [0.717, 1.165) is 6.42 Å². The number of carbonyl (C=O) groups excluding carboxylic acids is 1. The van der Waals surface area contributed by atoms with Crippen molar-refractivity contribution in [2.75, 3.05) is 0 Å². The quantitative estimate of drug-likeness (QED) is 0.568. The zero-order valence-electron chi connectivity index (χ0n) is 6.63. The predicted molar refractivity (Wildman–Crippen MR) is 43.6 cm³/mol. The molecule has 0 saturated heterocycles. The van der Waals surface area contributed by atoms with Gasteiger partial charge in [0, 0.05) is 5.57 Å². The average Bonchev–Trinajstić information content (AvgIpc) is 1.85. The Balaban J connectivity index is 2.72. The molecule has 0 aromatic rings. The van der Waals surface area contributed by atoms with Crippen LogP contribution in [0, 0.1) is 0 Å². The number of halogens is 1. The average molecular weight is 175 g/mol. The summed E-state index contributed by atoms with van der Waals surface area (Å²) in [4.78, 5) is 10.7. The summed E-state index contributed by atoms with van der Waals surface area (Å²) < 4.78 is 5.39. The minimum Gasteiger partial charge on any atom is -0.370 e. The molecular weight excluding hydrogens is 164 g/mol. The number of carbonyl (C=O) groups is 1. The Morgan fingerprint density at radius 1 is 1.73 bits per heavy atom. The number of hydrogen-bond donors (Lipinski definition) is 0. The largest absolute Gasteiger partial charge is 0.370 e. The molecule has 2 atom stereocenters. The van der Waals surface area contributed by atoms with Gasteiger partial charge in [-0.1, -0.05) is 6.08 Å². The summed E-state index contributed by atoms with van der Waals surface area (Å²) in [6.07, 6.45) is 2.68. The first-order valence-corrected chi connectivity index (χ1v) is 4.04. The topological polar surface area (TPSA) is 26.3 Å². The minimum absolute atomic E-state index is 0.149. The van der Waals surface area contributed by atoms with E-state index in [4.69, 9.17) is 16.3 Å². The van der Waals surface area contributed by atoms with Gasteiger partial charge in [-0.3, -0.25) is 4.79 Å². The molecule has 0 aliphatic carbocycles. The van der Waals surface area contributed by atoms with E-state index in [1.165, 1.54) is 0 Å². The molecule has 3 heteroatoms. The zero-order valence-corrected chi connectivity index (χ0v) is 7.39. The van der Waals surface area contributed by atoms with Crippen LogP contribution in [0.2, 0.25) is 0 Å². The van der Waals surface area contributed by atoms with Crippen LogP contribution in [-0.4, -0.2) is 17.5 Å².